The van der Waals surface area contributed by atoms with Crippen LogP contribution in [0.15, 0.2) is 267 Å². The Hall–Kier alpha value is -7.80. The van der Waals surface area contributed by atoms with Gasteiger partial charge in [-0.2, -0.15) is 0 Å². The van der Waals surface area contributed by atoms with Gasteiger partial charge in [0.05, 0.1) is 5.41 Å². The molecule has 288 valence electrons. The monoisotopic (exact) mass is 776 g/mol. The molecule has 0 radical (unpaired) electrons. The van der Waals surface area contributed by atoms with E-state index in [1.165, 1.54) is 89.0 Å². The van der Waals surface area contributed by atoms with Crippen molar-refractivity contribution in [2.24, 2.45) is 0 Å². The molecule has 0 saturated carbocycles. The van der Waals surface area contributed by atoms with Crippen molar-refractivity contribution in [1.29, 1.82) is 0 Å². The Morgan fingerprint density at radius 1 is 0.131 bits per heavy atom. The second kappa shape index (κ2) is 16.8. The van der Waals surface area contributed by atoms with Gasteiger partial charge in [-0.05, 0) is 89.0 Å². The van der Waals surface area contributed by atoms with Gasteiger partial charge >= 0.3 is 0 Å². The maximum absolute atomic E-state index is 2.33. The van der Waals surface area contributed by atoms with Crippen molar-refractivity contribution in [2.75, 3.05) is 0 Å². The summed E-state index contributed by atoms with van der Waals surface area (Å²) >= 11 is 0. The molecule has 0 saturated heterocycles. The van der Waals surface area contributed by atoms with Crippen LogP contribution in [0, 0.1) is 0 Å². The predicted octanol–water partition coefficient (Wildman–Crippen LogP) is 16.1. The fraction of sp³-hybridized carbons (Fsp3) is 0.0164. The summed E-state index contributed by atoms with van der Waals surface area (Å²) < 4.78 is 0. The maximum atomic E-state index is 2.33. The molecule has 10 rings (SSSR count). The van der Waals surface area contributed by atoms with Crippen LogP contribution in [-0.4, -0.2) is 0 Å². The molecule has 0 N–H and O–H groups in total. The van der Waals surface area contributed by atoms with Gasteiger partial charge in [-0.1, -0.05) is 267 Å². The van der Waals surface area contributed by atoms with E-state index in [9.17, 15) is 0 Å². The van der Waals surface area contributed by atoms with E-state index in [4.69, 9.17) is 0 Å². The highest BCUT2D eigenvalue weighted by atomic mass is 14.4. The smallest absolute Gasteiger partial charge is 0.0622 e. The summed E-state index contributed by atoms with van der Waals surface area (Å²) in [5.41, 5.74) is 18.8. The largest absolute Gasteiger partial charge is 0.0701 e. The lowest BCUT2D eigenvalue weighted by Gasteiger charge is -2.37. The minimum absolute atomic E-state index is 0.583. The zero-order valence-corrected chi connectivity index (χ0v) is 33.9. The molecule has 0 heteroatoms. The summed E-state index contributed by atoms with van der Waals surface area (Å²) in [5.74, 6) is 0. The van der Waals surface area contributed by atoms with Crippen molar-refractivity contribution in [3.05, 3.63) is 289 Å². The second-order valence-corrected chi connectivity index (χ2v) is 15.7. The van der Waals surface area contributed by atoms with Gasteiger partial charge in [0.25, 0.3) is 0 Å². The van der Waals surface area contributed by atoms with Crippen LogP contribution in [0.1, 0.15) is 22.3 Å². The van der Waals surface area contributed by atoms with Gasteiger partial charge in [0.15, 0.2) is 0 Å². The molecule has 0 bridgehead atoms. The molecule has 1 unspecified atom stereocenters. The summed E-state index contributed by atoms with van der Waals surface area (Å²) in [6, 6.07) is 97.1. The normalized spacial score (nSPS) is 12.1. The highest BCUT2D eigenvalue weighted by Gasteiger charge is 2.38. The van der Waals surface area contributed by atoms with Crippen LogP contribution in [-0.2, 0) is 5.41 Å². The van der Waals surface area contributed by atoms with Crippen molar-refractivity contribution >= 4 is 0 Å². The van der Waals surface area contributed by atoms with Crippen LogP contribution >= 0.6 is 0 Å². The molecule has 0 heterocycles. The lowest BCUT2D eigenvalue weighted by atomic mass is 9.64. The first-order valence-corrected chi connectivity index (χ1v) is 21.1. The molecule has 0 amide bonds. The zero-order valence-electron chi connectivity index (χ0n) is 33.9. The molecule has 0 aliphatic heterocycles. The standard InChI is InChI=1S/C61H44/c1-5-13-45(14-6-1)48-21-25-50(26-22-48)51-29-31-53(32-30-51)56-37-43-60(44-38-56)61(57-19-11-4-12-20-57,58-39-33-54(34-40-58)47-17-9-3-10-18-47)59-41-35-55(36-42-59)52-27-23-49(24-28-52)46-15-7-2-8-16-46/h1-44H. The number of rotatable bonds is 10. The quantitative estimate of drug-likeness (QED) is 0.121. The zero-order chi connectivity index (χ0) is 40.9. The maximum Gasteiger partial charge on any atom is 0.0701 e. The number of hydrogen-bond donors (Lipinski definition) is 0. The highest BCUT2D eigenvalue weighted by Crippen LogP contribution is 2.46. The van der Waals surface area contributed by atoms with Crippen molar-refractivity contribution in [2.45, 2.75) is 5.41 Å². The summed E-state index contributed by atoms with van der Waals surface area (Å²) in [5, 5.41) is 0. The summed E-state index contributed by atoms with van der Waals surface area (Å²) in [6.45, 7) is 0. The lowest BCUT2D eigenvalue weighted by Crippen LogP contribution is -2.31. The Morgan fingerprint density at radius 3 is 0.492 bits per heavy atom. The molecular weight excluding hydrogens is 733 g/mol. The van der Waals surface area contributed by atoms with Crippen LogP contribution in [0.5, 0.6) is 0 Å². The summed E-state index contributed by atoms with van der Waals surface area (Å²) in [7, 11) is 0. The minimum atomic E-state index is -0.583. The number of hydrogen-bond acceptors (Lipinski definition) is 0. The lowest BCUT2D eigenvalue weighted by molar-refractivity contribution is 0.745. The Labute approximate surface area is 359 Å². The van der Waals surface area contributed by atoms with Crippen LogP contribution in [0.2, 0.25) is 0 Å². The van der Waals surface area contributed by atoms with Gasteiger partial charge in [-0.3, -0.25) is 0 Å². The van der Waals surface area contributed by atoms with Gasteiger partial charge in [0, 0.05) is 0 Å². The first-order chi connectivity index (χ1) is 30.2. The third kappa shape index (κ3) is 7.53. The molecule has 0 nitrogen and oxygen atoms in total. The van der Waals surface area contributed by atoms with E-state index < -0.39 is 5.41 Å². The third-order valence-corrected chi connectivity index (χ3v) is 12.1. The first kappa shape index (κ1) is 37.5. The van der Waals surface area contributed by atoms with Gasteiger partial charge < -0.3 is 0 Å². The van der Waals surface area contributed by atoms with Gasteiger partial charge in [0.1, 0.15) is 0 Å². The van der Waals surface area contributed by atoms with Crippen LogP contribution in [0.4, 0.5) is 0 Å². The fourth-order valence-corrected chi connectivity index (χ4v) is 8.88. The van der Waals surface area contributed by atoms with E-state index in [-0.39, 0.29) is 0 Å². The van der Waals surface area contributed by atoms with Crippen LogP contribution in [0.3, 0.4) is 0 Å². The van der Waals surface area contributed by atoms with Gasteiger partial charge in [-0.15, -0.1) is 0 Å². The molecule has 0 aromatic heterocycles. The van der Waals surface area contributed by atoms with Gasteiger partial charge in [0.2, 0.25) is 0 Å². The van der Waals surface area contributed by atoms with E-state index in [0.717, 1.165) is 0 Å². The molecule has 61 heavy (non-hydrogen) atoms. The second-order valence-electron chi connectivity index (χ2n) is 15.7. The molecular formula is C61H44. The molecule has 0 fully saturated rings. The van der Waals surface area contributed by atoms with E-state index >= 15 is 0 Å². The Morgan fingerprint density at radius 2 is 0.279 bits per heavy atom. The van der Waals surface area contributed by atoms with Crippen molar-refractivity contribution in [3.8, 4) is 66.8 Å². The van der Waals surface area contributed by atoms with Crippen molar-refractivity contribution in [3.63, 3.8) is 0 Å². The van der Waals surface area contributed by atoms with E-state index in [2.05, 4.69) is 267 Å². The topological polar surface area (TPSA) is 0 Å². The number of benzene rings is 10. The predicted molar refractivity (Wildman–Crippen MR) is 257 cm³/mol. The van der Waals surface area contributed by atoms with Crippen molar-refractivity contribution < 1.29 is 0 Å². The Bertz CT molecular complexity index is 2950. The Kier molecular flexibility index (Phi) is 10.3. The average molecular weight is 777 g/mol. The summed E-state index contributed by atoms with van der Waals surface area (Å²) in [6.07, 6.45) is 0. The summed E-state index contributed by atoms with van der Waals surface area (Å²) in [4.78, 5) is 0. The molecule has 10 aromatic rings. The molecule has 1 atom stereocenters. The van der Waals surface area contributed by atoms with Crippen molar-refractivity contribution in [1.82, 2.24) is 0 Å². The van der Waals surface area contributed by atoms with E-state index in [1.807, 2.05) is 0 Å². The Balaban J connectivity index is 1.03. The van der Waals surface area contributed by atoms with Gasteiger partial charge in [-0.25, -0.2) is 0 Å². The first-order valence-electron chi connectivity index (χ1n) is 21.1. The van der Waals surface area contributed by atoms with Crippen LogP contribution in [0.25, 0.3) is 66.8 Å². The fourth-order valence-electron chi connectivity index (χ4n) is 8.88. The average Bonchev–Trinajstić information content (AvgIpc) is 3.36. The minimum Gasteiger partial charge on any atom is -0.0622 e. The van der Waals surface area contributed by atoms with E-state index in [0.29, 0.717) is 0 Å². The van der Waals surface area contributed by atoms with Crippen LogP contribution < -0.4 is 0 Å². The molecule has 0 aliphatic rings. The third-order valence-electron chi connectivity index (χ3n) is 12.1. The molecule has 0 aliphatic carbocycles. The highest BCUT2D eigenvalue weighted by molar-refractivity contribution is 5.75. The molecule has 10 aromatic carbocycles. The SMILES string of the molecule is c1ccc(-c2ccc(-c3ccc(-c4ccc(C(c5ccccc5)(c5ccc(-c6ccccc6)cc5)c5ccc(-c6ccc(-c7ccccc7)cc6)cc5)cc4)cc3)cc2)cc1. The van der Waals surface area contributed by atoms with E-state index in [1.54, 1.807) is 0 Å². The molecule has 0 spiro atoms.